The number of nitrogens with two attached hydrogens (primary N) is 1. The van der Waals surface area contributed by atoms with Gasteiger partial charge in [0.05, 0.1) is 18.4 Å². The summed E-state index contributed by atoms with van der Waals surface area (Å²) in [4.78, 5) is 22.3. The van der Waals surface area contributed by atoms with Crippen LogP contribution in [0.5, 0.6) is 0 Å². The second-order valence-corrected chi connectivity index (χ2v) is 5.26. The van der Waals surface area contributed by atoms with Crippen LogP contribution in [0.25, 0.3) is 5.78 Å². The zero-order valence-corrected chi connectivity index (χ0v) is 11.7. The minimum atomic E-state index is -0.379. The van der Waals surface area contributed by atoms with Crippen LogP contribution in [-0.2, 0) is 11.3 Å². The van der Waals surface area contributed by atoms with E-state index >= 15 is 0 Å². The summed E-state index contributed by atoms with van der Waals surface area (Å²) in [5.74, 6) is 0.392. The molecule has 0 saturated carbocycles. The van der Waals surface area contributed by atoms with Gasteiger partial charge in [-0.2, -0.15) is 9.50 Å². The zero-order valence-electron chi connectivity index (χ0n) is 11.7. The van der Waals surface area contributed by atoms with Gasteiger partial charge < -0.3 is 15.6 Å². The number of aromatic amines is 1. The molecule has 9 nitrogen and oxygen atoms in total. The van der Waals surface area contributed by atoms with Gasteiger partial charge in [0.1, 0.15) is 0 Å². The van der Waals surface area contributed by atoms with Gasteiger partial charge in [0.15, 0.2) is 0 Å². The van der Waals surface area contributed by atoms with Gasteiger partial charge in [-0.05, 0) is 6.42 Å². The van der Waals surface area contributed by atoms with E-state index in [-0.39, 0.29) is 29.4 Å². The van der Waals surface area contributed by atoms with Gasteiger partial charge in [0, 0.05) is 32.3 Å². The number of nitrogens with zero attached hydrogens (tertiary/aromatic N) is 4. The van der Waals surface area contributed by atoms with Crippen LogP contribution < -0.4 is 11.3 Å². The molecular weight excluding hydrogens is 276 g/mol. The van der Waals surface area contributed by atoms with Crippen molar-refractivity contribution >= 4 is 11.7 Å². The minimum absolute atomic E-state index is 0.120. The summed E-state index contributed by atoms with van der Waals surface area (Å²) in [5, 5.41) is 12.4. The number of aliphatic hydroxyl groups is 1. The molecule has 0 spiro atoms. The van der Waals surface area contributed by atoms with Crippen LogP contribution in [0.15, 0.2) is 10.9 Å². The standard InChI is InChI=1S/C12H18N6O3/c1-21-6-8-3-9(19)5-17(8)4-7-2-10(20)18-12(14-7)15-11(13)16-18/h2,8-9,19H,3-6H2,1H3,(H3,13,14,15,16)/t8-,9-/m1/s1. The first-order chi connectivity index (χ1) is 10.1. The van der Waals surface area contributed by atoms with E-state index in [0.717, 1.165) is 0 Å². The molecule has 2 atom stereocenters. The van der Waals surface area contributed by atoms with Crippen LogP contribution in [0.1, 0.15) is 12.1 Å². The normalized spacial score (nSPS) is 23.1. The number of hydrogen-bond acceptors (Lipinski definition) is 7. The number of aromatic nitrogens is 4. The van der Waals surface area contributed by atoms with Crippen molar-refractivity contribution < 1.29 is 9.84 Å². The Labute approximate surface area is 120 Å². The van der Waals surface area contributed by atoms with Crippen molar-refractivity contribution in [1.82, 2.24) is 24.5 Å². The maximum absolute atomic E-state index is 12.0. The average Bonchev–Trinajstić information content (AvgIpc) is 2.93. The Morgan fingerprint density at radius 2 is 2.38 bits per heavy atom. The number of nitrogens with one attached hydrogen (secondary N) is 1. The van der Waals surface area contributed by atoms with Crippen LogP contribution in [0.3, 0.4) is 0 Å². The van der Waals surface area contributed by atoms with E-state index in [0.29, 0.717) is 31.8 Å². The predicted octanol–water partition coefficient (Wildman–Crippen LogP) is -1.42. The second kappa shape index (κ2) is 5.43. The van der Waals surface area contributed by atoms with E-state index in [1.165, 1.54) is 10.6 Å². The quantitative estimate of drug-likeness (QED) is 0.632. The molecule has 21 heavy (non-hydrogen) atoms. The molecular formula is C12H18N6O3. The van der Waals surface area contributed by atoms with E-state index in [9.17, 15) is 9.90 Å². The van der Waals surface area contributed by atoms with Crippen LogP contribution in [0.2, 0.25) is 0 Å². The Balaban J connectivity index is 1.85. The van der Waals surface area contributed by atoms with Crippen LogP contribution in [0.4, 0.5) is 5.95 Å². The van der Waals surface area contributed by atoms with Gasteiger partial charge in [-0.1, -0.05) is 0 Å². The van der Waals surface area contributed by atoms with Crippen molar-refractivity contribution in [2.24, 2.45) is 0 Å². The molecule has 114 valence electrons. The number of aliphatic hydroxyl groups excluding tert-OH is 1. The lowest BCUT2D eigenvalue weighted by Crippen LogP contribution is -2.33. The van der Waals surface area contributed by atoms with Gasteiger partial charge >= 0.3 is 0 Å². The van der Waals surface area contributed by atoms with Gasteiger partial charge in [-0.3, -0.25) is 14.8 Å². The maximum Gasteiger partial charge on any atom is 0.274 e. The number of hydrogen-bond donors (Lipinski definition) is 3. The van der Waals surface area contributed by atoms with E-state index in [2.05, 4.69) is 20.0 Å². The Hall–Kier alpha value is -1.97. The molecule has 0 aromatic carbocycles. The molecule has 2 aromatic rings. The van der Waals surface area contributed by atoms with Crippen LogP contribution in [0, 0.1) is 0 Å². The molecule has 0 radical (unpaired) electrons. The first-order valence-electron chi connectivity index (χ1n) is 6.72. The minimum Gasteiger partial charge on any atom is -0.392 e. The lowest BCUT2D eigenvalue weighted by Gasteiger charge is -2.22. The highest BCUT2D eigenvalue weighted by atomic mass is 16.5. The van der Waals surface area contributed by atoms with Gasteiger partial charge in [0.2, 0.25) is 5.95 Å². The largest absolute Gasteiger partial charge is 0.392 e. The Kier molecular flexibility index (Phi) is 3.62. The monoisotopic (exact) mass is 294 g/mol. The number of ether oxygens (including phenoxy) is 1. The summed E-state index contributed by atoms with van der Waals surface area (Å²) in [6.45, 7) is 1.54. The summed E-state index contributed by atoms with van der Waals surface area (Å²) < 4.78 is 6.37. The highest BCUT2D eigenvalue weighted by Crippen LogP contribution is 2.20. The molecule has 1 saturated heterocycles. The Bertz CT molecular complexity index is 696. The molecule has 1 aliphatic heterocycles. The van der Waals surface area contributed by atoms with E-state index < -0.39 is 0 Å². The van der Waals surface area contributed by atoms with Crippen molar-refractivity contribution in [2.75, 3.05) is 26.0 Å². The third kappa shape index (κ3) is 2.75. The lowest BCUT2D eigenvalue weighted by molar-refractivity contribution is 0.111. The number of likely N-dealkylation sites (tertiary alicyclic amines) is 1. The van der Waals surface area contributed by atoms with E-state index in [4.69, 9.17) is 10.5 Å². The molecule has 3 rings (SSSR count). The summed E-state index contributed by atoms with van der Waals surface area (Å²) >= 11 is 0. The number of rotatable bonds is 4. The smallest absolute Gasteiger partial charge is 0.274 e. The molecule has 0 bridgehead atoms. The SMILES string of the molecule is COC[C@H]1C[C@@H](O)CN1Cc1cc(=O)n2[nH]c(N)nc2n1. The molecule has 0 aliphatic carbocycles. The van der Waals surface area contributed by atoms with Crippen molar-refractivity contribution in [3.05, 3.63) is 22.1 Å². The zero-order chi connectivity index (χ0) is 15.0. The van der Waals surface area contributed by atoms with Gasteiger partial charge in [-0.15, -0.1) is 0 Å². The lowest BCUT2D eigenvalue weighted by atomic mass is 10.2. The Morgan fingerprint density at radius 3 is 3.14 bits per heavy atom. The number of anilines is 1. The van der Waals surface area contributed by atoms with Crippen molar-refractivity contribution in [3.63, 3.8) is 0 Å². The predicted molar refractivity (Wildman–Crippen MR) is 74.7 cm³/mol. The molecule has 1 fully saturated rings. The van der Waals surface area contributed by atoms with E-state index in [1.807, 2.05) is 0 Å². The van der Waals surface area contributed by atoms with Crippen LogP contribution >= 0.6 is 0 Å². The van der Waals surface area contributed by atoms with Crippen LogP contribution in [-0.4, -0.2) is 62.0 Å². The summed E-state index contributed by atoms with van der Waals surface area (Å²) in [6.07, 6.45) is 0.278. The molecule has 3 heterocycles. The first kappa shape index (κ1) is 14.0. The number of H-pyrrole nitrogens is 1. The highest BCUT2D eigenvalue weighted by molar-refractivity contribution is 5.34. The third-order valence-electron chi connectivity index (χ3n) is 3.63. The summed E-state index contributed by atoms with van der Waals surface area (Å²) in [7, 11) is 1.63. The first-order valence-corrected chi connectivity index (χ1v) is 6.72. The highest BCUT2D eigenvalue weighted by Gasteiger charge is 2.31. The number of fused-ring (bicyclic) bond motifs is 1. The number of nitrogen functional groups attached to an aromatic ring is 1. The second-order valence-electron chi connectivity index (χ2n) is 5.26. The van der Waals surface area contributed by atoms with E-state index in [1.54, 1.807) is 7.11 Å². The summed E-state index contributed by atoms with van der Waals surface area (Å²) in [6, 6.07) is 1.56. The number of methoxy groups -OCH3 is 1. The fourth-order valence-electron chi connectivity index (χ4n) is 2.75. The Morgan fingerprint density at radius 1 is 1.57 bits per heavy atom. The van der Waals surface area contributed by atoms with Crippen molar-refractivity contribution in [2.45, 2.75) is 25.1 Å². The average molecular weight is 294 g/mol. The molecule has 0 unspecified atom stereocenters. The maximum atomic E-state index is 12.0. The summed E-state index contributed by atoms with van der Waals surface area (Å²) in [5.41, 5.74) is 5.86. The van der Waals surface area contributed by atoms with Gasteiger partial charge in [-0.25, -0.2) is 4.98 Å². The van der Waals surface area contributed by atoms with Crippen molar-refractivity contribution in [1.29, 1.82) is 0 Å². The fraction of sp³-hybridized carbons (Fsp3) is 0.583. The number of β-amino-alcohol motifs (C(OH)–C–C–N with tert-alkyl or cyclic N) is 1. The van der Waals surface area contributed by atoms with Gasteiger partial charge in [0.25, 0.3) is 11.3 Å². The molecule has 9 heteroatoms. The fourth-order valence-corrected chi connectivity index (χ4v) is 2.75. The molecule has 1 aliphatic rings. The third-order valence-corrected chi connectivity index (χ3v) is 3.63. The molecule has 4 N–H and O–H groups in total. The van der Waals surface area contributed by atoms with Crippen molar-refractivity contribution in [3.8, 4) is 0 Å². The molecule has 0 amide bonds. The molecule has 2 aromatic heterocycles. The topological polar surface area (TPSA) is 122 Å².